The van der Waals surface area contributed by atoms with Gasteiger partial charge in [-0.1, -0.05) is 18.2 Å². The van der Waals surface area contributed by atoms with Crippen LogP contribution in [0.15, 0.2) is 30.3 Å². The van der Waals surface area contributed by atoms with Gasteiger partial charge in [-0.05, 0) is 32.9 Å². The van der Waals surface area contributed by atoms with E-state index in [1.54, 1.807) is 67.1 Å². The number of benzene rings is 1. The van der Waals surface area contributed by atoms with Crippen molar-refractivity contribution >= 4 is 33.2 Å². The molecule has 1 rings (SSSR count). The zero-order valence-corrected chi connectivity index (χ0v) is 14.1. The molecule has 0 fully saturated rings. The Labute approximate surface area is 126 Å². The fraction of sp³-hybridized carbons (Fsp3) is 0.417. The summed E-state index contributed by atoms with van der Waals surface area (Å²) in [6.45, 7) is 5.11. The molecule has 0 saturated heterocycles. The summed E-state index contributed by atoms with van der Waals surface area (Å²) in [5.41, 5.74) is 0. The Morgan fingerprint density at radius 2 is 1.84 bits per heavy atom. The van der Waals surface area contributed by atoms with Gasteiger partial charge in [0.05, 0.1) is 28.1 Å². The zero-order valence-electron chi connectivity index (χ0n) is 11.0. The highest BCUT2D eigenvalue weighted by molar-refractivity contribution is 14.2. The van der Waals surface area contributed by atoms with Crippen molar-refractivity contribution in [3.8, 4) is 5.75 Å². The van der Waals surface area contributed by atoms with Crippen LogP contribution in [0.25, 0.3) is 0 Å². The number of carbonyl (C=O) groups is 1. The van der Waals surface area contributed by atoms with E-state index >= 15 is 0 Å². The maximum absolute atomic E-state index is 12.2. The van der Waals surface area contributed by atoms with Crippen LogP contribution in [0.3, 0.4) is 0 Å². The number of esters is 1. The molecule has 1 aromatic carbocycles. The number of halogens is 1. The first-order valence-corrected chi connectivity index (χ1v) is 10.2. The van der Waals surface area contributed by atoms with E-state index in [2.05, 4.69) is 5.09 Å². The smallest absolute Gasteiger partial charge is 0.374 e. The molecular weight excluding hydrogens is 380 g/mol. The largest absolute Gasteiger partial charge is 0.462 e. The first-order chi connectivity index (χ1) is 8.80. The van der Waals surface area contributed by atoms with Gasteiger partial charge < -0.3 is 9.26 Å². The molecule has 5 nitrogen and oxygen atoms in total. The van der Waals surface area contributed by atoms with Crippen LogP contribution in [0.2, 0.25) is 0 Å². The van der Waals surface area contributed by atoms with E-state index in [1.807, 2.05) is 6.07 Å². The molecule has 1 aromatic rings. The van der Waals surface area contributed by atoms with Gasteiger partial charge in [-0.3, -0.25) is 4.79 Å². The third kappa shape index (κ3) is 6.40. The van der Waals surface area contributed by atoms with Gasteiger partial charge >= 0.3 is 11.1 Å². The average molecular weight is 397 g/mol. The molecular formula is C12H17INO4P. The molecule has 1 N–H and O–H groups in total. The fourth-order valence-corrected chi connectivity index (χ4v) is 4.21. The minimum atomic E-state index is -3.15. The van der Waals surface area contributed by atoms with Crippen LogP contribution in [-0.4, -0.2) is 18.1 Å². The monoisotopic (exact) mass is 397 g/mol. The van der Waals surface area contributed by atoms with Gasteiger partial charge in [0.15, 0.2) is 0 Å². The number of hydrogen-bond acceptors (Lipinski definition) is 4. The molecule has 19 heavy (non-hydrogen) atoms. The predicted molar refractivity (Wildman–Crippen MR) is 82.5 cm³/mol. The van der Waals surface area contributed by atoms with E-state index < -0.39 is 17.2 Å². The van der Waals surface area contributed by atoms with Crippen molar-refractivity contribution in [3.05, 3.63) is 30.3 Å². The van der Waals surface area contributed by atoms with E-state index in [-0.39, 0.29) is 6.10 Å². The van der Waals surface area contributed by atoms with Crippen molar-refractivity contribution in [2.24, 2.45) is 0 Å². The first kappa shape index (κ1) is 16.5. The van der Waals surface area contributed by atoms with Crippen molar-refractivity contribution in [2.75, 3.05) is 0 Å². The maximum Gasteiger partial charge on any atom is 0.374 e. The molecule has 0 aliphatic heterocycles. The highest BCUT2D eigenvalue weighted by Gasteiger charge is 2.27. The van der Waals surface area contributed by atoms with Crippen LogP contribution in [0.4, 0.5) is 0 Å². The van der Waals surface area contributed by atoms with Gasteiger partial charge in [-0.25, -0.2) is 9.65 Å². The van der Waals surface area contributed by atoms with Gasteiger partial charge in [0.1, 0.15) is 11.8 Å². The summed E-state index contributed by atoms with van der Waals surface area (Å²) in [6.07, 6.45) is -0.208. The van der Waals surface area contributed by atoms with Crippen LogP contribution in [0, 0.1) is 0 Å². The molecule has 0 aromatic heterocycles. The Balaban J connectivity index is 2.59. The Morgan fingerprint density at radius 3 is 2.37 bits per heavy atom. The van der Waals surface area contributed by atoms with E-state index in [0.29, 0.717) is 5.75 Å². The molecule has 0 radical (unpaired) electrons. The molecule has 0 unspecified atom stereocenters. The third-order valence-electron chi connectivity index (χ3n) is 2.02. The molecule has 106 valence electrons. The normalized spacial score (nSPS) is 15.6. The van der Waals surface area contributed by atoms with Crippen molar-refractivity contribution in [3.63, 3.8) is 0 Å². The Bertz CT molecular complexity index is 466. The lowest BCUT2D eigenvalue weighted by Crippen LogP contribution is -2.34. The van der Waals surface area contributed by atoms with Crippen LogP contribution < -0.4 is 9.61 Å². The van der Waals surface area contributed by atoms with Gasteiger partial charge in [-0.15, -0.1) is 0 Å². The van der Waals surface area contributed by atoms with Gasteiger partial charge in [0.25, 0.3) is 0 Å². The van der Waals surface area contributed by atoms with Crippen LogP contribution in [-0.2, 0) is 14.1 Å². The summed E-state index contributed by atoms with van der Waals surface area (Å²) in [6, 6.07) is 8.09. The quantitative estimate of drug-likeness (QED) is 0.452. The van der Waals surface area contributed by atoms with Crippen molar-refractivity contribution in [1.29, 1.82) is 0 Å². The number of ether oxygens (including phenoxy) is 1. The molecule has 0 aliphatic rings. The average Bonchev–Trinajstić information content (AvgIpc) is 2.27. The van der Waals surface area contributed by atoms with Crippen LogP contribution >= 0.6 is 27.2 Å². The topological polar surface area (TPSA) is 64.6 Å². The number of rotatable bonds is 6. The van der Waals surface area contributed by atoms with Crippen molar-refractivity contribution in [1.82, 2.24) is 5.09 Å². The molecule has 0 amide bonds. The van der Waals surface area contributed by atoms with Crippen LogP contribution in [0.1, 0.15) is 20.8 Å². The van der Waals surface area contributed by atoms with Crippen molar-refractivity contribution < 1.29 is 18.6 Å². The number of hydrogen-bond donors (Lipinski definition) is 1. The molecule has 0 aliphatic carbocycles. The van der Waals surface area contributed by atoms with Gasteiger partial charge in [0, 0.05) is 0 Å². The Kier molecular flexibility index (Phi) is 6.29. The van der Waals surface area contributed by atoms with Crippen molar-refractivity contribution in [2.45, 2.75) is 32.9 Å². The summed E-state index contributed by atoms with van der Waals surface area (Å²) in [5, 5.41) is -0.493. The lowest BCUT2D eigenvalue weighted by Gasteiger charge is -2.19. The Hall–Kier alpha value is -0.590. The standard InChI is InChI=1S/C12H17INO4P/c1-9(2)17-12(15)10(3)14-19(13,16)18-11-7-5-4-6-8-11/h4-10H,1-3H3,(H,14,16)/t10-,19-/m0/s1. The molecule has 0 bridgehead atoms. The zero-order chi connectivity index (χ0) is 14.5. The molecule has 0 heterocycles. The summed E-state index contributed by atoms with van der Waals surface area (Å²) in [4.78, 5) is 11.6. The van der Waals surface area contributed by atoms with E-state index in [9.17, 15) is 9.36 Å². The highest BCUT2D eigenvalue weighted by atomic mass is 127. The Morgan fingerprint density at radius 1 is 1.26 bits per heavy atom. The summed E-state index contributed by atoms with van der Waals surface area (Å²) >= 11 is 1.68. The highest BCUT2D eigenvalue weighted by Crippen LogP contribution is 2.51. The fourth-order valence-electron chi connectivity index (χ4n) is 1.26. The van der Waals surface area contributed by atoms with E-state index in [4.69, 9.17) is 9.26 Å². The lowest BCUT2D eigenvalue weighted by atomic mass is 10.3. The number of carbonyl (C=O) groups excluding carboxylic acids is 1. The third-order valence-corrected chi connectivity index (χ3v) is 4.59. The summed E-state index contributed by atoms with van der Waals surface area (Å²) < 4.78 is 22.6. The first-order valence-electron chi connectivity index (χ1n) is 5.83. The minimum absolute atomic E-state index is 0.208. The second kappa shape index (κ2) is 7.26. The maximum atomic E-state index is 12.2. The van der Waals surface area contributed by atoms with Gasteiger partial charge in [0.2, 0.25) is 0 Å². The molecule has 7 heteroatoms. The lowest BCUT2D eigenvalue weighted by molar-refractivity contribution is -0.148. The molecule has 0 spiro atoms. The summed E-state index contributed by atoms with van der Waals surface area (Å²) in [5.74, 6) is 0.0284. The van der Waals surface area contributed by atoms with Crippen LogP contribution in [0.5, 0.6) is 5.75 Å². The predicted octanol–water partition coefficient (Wildman–Crippen LogP) is 3.54. The number of nitrogens with one attached hydrogen (secondary N) is 1. The van der Waals surface area contributed by atoms with Gasteiger partial charge in [-0.2, -0.15) is 0 Å². The molecule has 0 saturated carbocycles. The minimum Gasteiger partial charge on any atom is -0.462 e. The van der Waals surface area contributed by atoms with E-state index in [1.165, 1.54) is 0 Å². The SMILES string of the molecule is CC(C)OC(=O)[C@H](C)N[P@](=O)(I)Oc1ccccc1. The number of para-hydroxylation sites is 1. The summed E-state index contributed by atoms with van der Waals surface area (Å²) in [7, 11) is 0. The second-order valence-electron chi connectivity index (χ2n) is 4.22. The molecule has 2 atom stereocenters. The second-order valence-corrected chi connectivity index (χ2v) is 9.43. The van der Waals surface area contributed by atoms with E-state index in [0.717, 1.165) is 0 Å².